The fourth-order valence-electron chi connectivity index (χ4n) is 2.53. The van der Waals surface area contributed by atoms with Gasteiger partial charge in [0.1, 0.15) is 12.4 Å². The molecule has 3 aromatic rings. The molecule has 1 heterocycles. The Labute approximate surface area is 179 Å². The van der Waals surface area contributed by atoms with Crippen LogP contribution in [0.25, 0.3) is 0 Å². The Morgan fingerprint density at radius 3 is 2.52 bits per heavy atom. The van der Waals surface area contributed by atoms with E-state index in [-0.39, 0.29) is 17.8 Å². The van der Waals surface area contributed by atoms with Crippen LogP contribution in [0.1, 0.15) is 25.2 Å². The van der Waals surface area contributed by atoms with Gasteiger partial charge < -0.3 is 14.6 Å². The summed E-state index contributed by atoms with van der Waals surface area (Å²) in [4.78, 5) is 12.5. The Hall–Kier alpha value is -2.51. The summed E-state index contributed by atoms with van der Waals surface area (Å²) in [6.45, 7) is 4.22. The van der Waals surface area contributed by atoms with Crippen molar-refractivity contribution in [3.8, 4) is 5.75 Å². The van der Waals surface area contributed by atoms with Crippen molar-refractivity contribution in [2.75, 3.05) is 5.32 Å². The number of anilines is 1. The molecular weight excluding hydrogens is 408 g/mol. The number of aromatic nitrogens is 3. The van der Waals surface area contributed by atoms with Crippen LogP contribution in [-0.4, -0.2) is 25.9 Å². The van der Waals surface area contributed by atoms with Crippen molar-refractivity contribution in [3.05, 3.63) is 64.9 Å². The van der Waals surface area contributed by atoms with Crippen molar-refractivity contribution >= 4 is 35.0 Å². The summed E-state index contributed by atoms with van der Waals surface area (Å²) in [5.41, 5.74) is 2.02. The molecule has 0 saturated heterocycles. The number of ether oxygens (including phenoxy) is 1. The third-order valence-corrected chi connectivity index (χ3v) is 5.77. The highest BCUT2D eigenvalue weighted by molar-refractivity contribution is 8.00. The minimum Gasteiger partial charge on any atom is -0.486 e. The Morgan fingerprint density at radius 2 is 1.86 bits per heavy atom. The van der Waals surface area contributed by atoms with Crippen LogP contribution in [0.4, 0.5) is 5.69 Å². The molecule has 2 aromatic carbocycles. The molecular formula is C21H23ClN4O2S. The van der Waals surface area contributed by atoms with Crippen LogP contribution < -0.4 is 10.1 Å². The van der Waals surface area contributed by atoms with E-state index in [1.54, 1.807) is 24.3 Å². The number of benzene rings is 2. The quantitative estimate of drug-likeness (QED) is 0.523. The standard InChI is InChI=1S/C21H23ClN4O2S/c1-4-15-5-9-17(10-6-15)23-20(27)14(2)29-21-25-24-19(26(21)3)13-28-18-11-7-16(22)8-12-18/h5-12,14H,4,13H2,1-3H3,(H,23,27)/t14-/m0/s1. The van der Waals surface area contributed by atoms with E-state index >= 15 is 0 Å². The molecule has 0 spiro atoms. The van der Waals surface area contributed by atoms with E-state index in [1.165, 1.54) is 17.3 Å². The third kappa shape index (κ3) is 5.74. The highest BCUT2D eigenvalue weighted by Crippen LogP contribution is 2.23. The summed E-state index contributed by atoms with van der Waals surface area (Å²) in [5, 5.41) is 12.3. The maximum atomic E-state index is 12.5. The number of rotatable bonds is 8. The maximum Gasteiger partial charge on any atom is 0.237 e. The zero-order valence-electron chi connectivity index (χ0n) is 16.6. The van der Waals surface area contributed by atoms with Crippen LogP contribution in [0, 0.1) is 0 Å². The lowest BCUT2D eigenvalue weighted by Gasteiger charge is -2.12. The molecule has 1 atom stereocenters. The van der Waals surface area contributed by atoms with Gasteiger partial charge in [-0.2, -0.15) is 0 Å². The van der Waals surface area contributed by atoms with Gasteiger partial charge in [-0.1, -0.05) is 42.4 Å². The van der Waals surface area contributed by atoms with Gasteiger partial charge >= 0.3 is 0 Å². The number of hydrogen-bond donors (Lipinski definition) is 1. The molecule has 29 heavy (non-hydrogen) atoms. The molecule has 6 nitrogen and oxygen atoms in total. The van der Waals surface area contributed by atoms with Crippen molar-refractivity contribution in [3.63, 3.8) is 0 Å². The smallest absolute Gasteiger partial charge is 0.237 e. The van der Waals surface area contributed by atoms with Gasteiger partial charge in [-0.25, -0.2) is 0 Å². The average molecular weight is 431 g/mol. The first-order valence-corrected chi connectivity index (χ1v) is 10.5. The van der Waals surface area contributed by atoms with Gasteiger partial charge in [0.2, 0.25) is 5.91 Å². The summed E-state index contributed by atoms with van der Waals surface area (Å²) in [6, 6.07) is 15.0. The van der Waals surface area contributed by atoms with E-state index in [0.29, 0.717) is 21.8 Å². The molecule has 0 aliphatic heterocycles. The van der Waals surface area contributed by atoms with Crippen LogP contribution in [-0.2, 0) is 24.9 Å². The van der Waals surface area contributed by atoms with E-state index in [4.69, 9.17) is 16.3 Å². The van der Waals surface area contributed by atoms with Crippen molar-refractivity contribution in [1.29, 1.82) is 0 Å². The van der Waals surface area contributed by atoms with Crippen LogP contribution in [0.3, 0.4) is 0 Å². The number of aryl methyl sites for hydroxylation is 1. The first-order valence-electron chi connectivity index (χ1n) is 9.29. The lowest BCUT2D eigenvalue weighted by molar-refractivity contribution is -0.115. The zero-order valence-corrected chi connectivity index (χ0v) is 18.1. The number of nitrogens with zero attached hydrogens (tertiary/aromatic N) is 3. The largest absolute Gasteiger partial charge is 0.486 e. The second-order valence-electron chi connectivity index (χ2n) is 6.50. The summed E-state index contributed by atoms with van der Waals surface area (Å²) in [7, 11) is 1.86. The Balaban J connectivity index is 1.56. The molecule has 3 rings (SSSR count). The first-order chi connectivity index (χ1) is 14.0. The molecule has 0 radical (unpaired) electrons. The van der Waals surface area contributed by atoms with E-state index in [9.17, 15) is 4.79 Å². The number of halogens is 1. The van der Waals surface area contributed by atoms with E-state index in [2.05, 4.69) is 22.4 Å². The first kappa shape index (κ1) is 21.2. The Kier molecular flexibility index (Phi) is 7.17. The van der Waals surface area contributed by atoms with Gasteiger partial charge in [0.15, 0.2) is 11.0 Å². The highest BCUT2D eigenvalue weighted by atomic mass is 35.5. The molecule has 0 aliphatic rings. The van der Waals surface area contributed by atoms with E-state index < -0.39 is 0 Å². The molecule has 0 saturated carbocycles. The highest BCUT2D eigenvalue weighted by Gasteiger charge is 2.19. The molecule has 0 unspecified atom stereocenters. The van der Waals surface area contributed by atoms with E-state index in [0.717, 1.165) is 12.1 Å². The Morgan fingerprint density at radius 1 is 1.17 bits per heavy atom. The molecule has 0 bridgehead atoms. The average Bonchev–Trinajstić information content (AvgIpc) is 3.07. The number of carbonyl (C=O) groups is 1. The van der Waals surface area contributed by atoms with Gasteiger partial charge in [0.25, 0.3) is 0 Å². The molecule has 1 aromatic heterocycles. The van der Waals surface area contributed by atoms with Crippen LogP contribution in [0.15, 0.2) is 53.7 Å². The number of thioether (sulfide) groups is 1. The normalized spacial score (nSPS) is 11.9. The number of nitrogens with one attached hydrogen (secondary N) is 1. The summed E-state index contributed by atoms with van der Waals surface area (Å²) in [6.07, 6.45) is 0.969. The second kappa shape index (κ2) is 9.80. The van der Waals surface area contributed by atoms with Crippen molar-refractivity contribution in [2.45, 2.75) is 37.3 Å². The molecule has 0 fully saturated rings. The topological polar surface area (TPSA) is 69.0 Å². The van der Waals surface area contributed by atoms with Crippen LogP contribution in [0.5, 0.6) is 5.75 Å². The van der Waals surface area contributed by atoms with Gasteiger partial charge in [-0.15, -0.1) is 10.2 Å². The number of carbonyl (C=O) groups excluding carboxylic acids is 1. The number of amides is 1. The van der Waals surface area contributed by atoms with Gasteiger partial charge in [0.05, 0.1) is 5.25 Å². The van der Waals surface area contributed by atoms with Crippen molar-refractivity contribution < 1.29 is 9.53 Å². The lowest BCUT2D eigenvalue weighted by Crippen LogP contribution is -2.22. The fourth-order valence-corrected chi connectivity index (χ4v) is 3.49. The molecule has 0 aliphatic carbocycles. The minimum absolute atomic E-state index is 0.0822. The summed E-state index contributed by atoms with van der Waals surface area (Å²) in [5.74, 6) is 1.29. The van der Waals surface area contributed by atoms with Crippen molar-refractivity contribution in [1.82, 2.24) is 14.8 Å². The summed E-state index contributed by atoms with van der Waals surface area (Å²) < 4.78 is 7.55. The fraction of sp³-hybridized carbons (Fsp3) is 0.286. The predicted molar refractivity (Wildman–Crippen MR) is 117 cm³/mol. The monoisotopic (exact) mass is 430 g/mol. The molecule has 8 heteroatoms. The third-order valence-electron chi connectivity index (χ3n) is 4.39. The number of hydrogen-bond acceptors (Lipinski definition) is 5. The van der Waals surface area contributed by atoms with E-state index in [1.807, 2.05) is 42.8 Å². The van der Waals surface area contributed by atoms with Gasteiger partial charge in [-0.3, -0.25) is 4.79 Å². The van der Waals surface area contributed by atoms with Gasteiger partial charge in [-0.05, 0) is 55.3 Å². The van der Waals surface area contributed by atoms with Crippen LogP contribution in [0.2, 0.25) is 5.02 Å². The molecule has 152 valence electrons. The van der Waals surface area contributed by atoms with Gasteiger partial charge in [0, 0.05) is 17.8 Å². The maximum absolute atomic E-state index is 12.5. The predicted octanol–water partition coefficient (Wildman–Crippen LogP) is 4.73. The van der Waals surface area contributed by atoms with Crippen LogP contribution >= 0.6 is 23.4 Å². The lowest BCUT2D eigenvalue weighted by atomic mass is 10.1. The zero-order chi connectivity index (χ0) is 20.8. The molecule has 1 N–H and O–H groups in total. The van der Waals surface area contributed by atoms with Crippen molar-refractivity contribution in [2.24, 2.45) is 7.05 Å². The second-order valence-corrected chi connectivity index (χ2v) is 8.24. The summed E-state index contributed by atoms with van der Waals surface area (Å²) >= 11 is 7.23. The minimum atomic E-state index is -0.325. The SMILES string of the molecule is CCc1ccc(NC(=O)[C@H](C)Sc2nnc(COc3ccc(Cl)cc3)n2C)cc1. The Bertz CT molecular complexity index is 958. The molecule has 1 amide bonds.